The molecule has 4 heteroatoms. The number of amides is 1. The Balaban J connectivity index is 1.80. The average molecular weight is 267 g/mol. The van der Waals surface area contributed by atoms with E-state index in [4.69, 9.17) is 11.6 Å². The molecular weight excluding hydrogens is 248 g/mol. The third-order valence-electron chi connectivity index (χ3n) is 3.53. The van der Waals surface area contributed by atoms with E-state index in [0.717, 1.165) is 0 Å². The van der Waals surface area contributed by atoms with Crippen molar-refractivity contribution in [1.82, 2.24) is 5.32 Å². The zero-order valence-corrected chi connectivity index (χ0v) is 11.3. The van der Waals surface area contributed by atoms with Crippen molar-refractivity contribution in [2.45, 2.75) is 32.2 Å². The maximum atomic E-state index is 11.8. The van der Waals surface area contributed by atoms with E-state index in [0.29, 0.717) is 29.2 Å². The summed E-state index contributed by atoms with van der Waals surface area (Å²) in [6.45, 7) is 2.58. The van der Waals surface area contributed by atoms with Crippen LogP contribution in [0.15, 0.2) is 24.3 Å². The maximum absolute atomic E-state index is 11.8. The Labute approximate surface area is 113 Å². The third-order valence-corrected chi connectivity index (χ3v) is 3.86. The normalized spacial score (nSPS) is 23.0. The molecule has 1 aliphatic rings. The molecular formula is C14H19ClN2O. The Morgan fingerprint density at radius 1 is 1.39 bits per heavy atom. The number of anilines is 1. The van der Waals surface area contributed by atoms with E-state index >= 15 is 0 Å². The molecule has 2 unspecified atom stereocenters. The molecule has 0 spiro atoms. The van der Waals surface area contributed by atoms with Crippen molar-refractivity contribution < 1.29 is 4.79 Å². The Morgan fingerprint density at radius 3 is 2.83 bits per heavy atom. The second-order valence-electron chi connectivity index (χ2n) is 4.92. The average Bonchev–Trinajstić information content (AvgIpc) is 2.75. The van der Waals surface area contributed by atoms with Crippen LogP contribution in [0.25, 0.3) is 0 Å². The lowest BCUT2D eigenvalue weighted by atomic mass is 10.1. The van der Waals surface area contributed by atoms with Gasteiger partial charge in [-0.1, -0.05) is 37.1 Å². The van der Waals surface area contributed by atoms with E-state index in [2.05, 4.69) is 17.6 Å². The van der Waals surface area contributed by atoms with Gasteiger partial charge in [0.15, 0.2) is 0 Å². The van der Waals surface area contributed by atoms with Crippen molar-refractivity contribution in [3.63, 3.8) is 0 Å². The van der Waals surface area contributed by atoms with Crippen LogP contribution in [0.2, 0.25) is 5.02 Å². The molecule has 18 heavy (non-hydrogen) atoms. The molecule has 2 N–H and O–H groups in total. The Bertz CT molecular complexity index is 422. The number of hydrogen-bond donors (Lipinski definition) is 2. The second-order valence-corrected chi connectivity index (χ2v) is 5.33. The summed E-state index contributed by atoms with van der Waals surface area (Å²) < 4.78 is 0. The van der Waals surface area contributed by atoms with Crippen molar-refractivity contribution >= 4 is 23.2 Å². The first-order valence-electron chi connectivity index (χ1n) is 6.44. The van der Waals surface area contributed by atoms with Gasteiger partial charge in [-0.2, -0.15) is 0 Å². The molecule has 1 fully saturated rings. The summed E-state index contributed by atoms with van der Waals surface area (Å²) in [5, 5.41) is 6.70. The molecule has 0 heterocycles. The van der Waals surface area contributed by atoms with Crippen molar-refractivity contribution in [3.8, 4) is 0 Å². The first-order valence-corrected chi connectivity index (χ1v) is 6.82. The van der Waals surface area contributed by atoms with Gasteiger partial charge in [0.2, 0.25) is 5.91 Å². The molecule has 3 nitrogen and oxygen atoms in total. The molecule has 2 rings (SSSR count). The SMILES string of the molecule is CC1CCCC1NCC(=O)Nc1ccccc1Cl. The van der Waals surface area contributed by atoms with Crippen LogP contribution >= 0.6 is 11.6 Å². The lowest BCUT2D eigenvalue weighted by molar-refractivity contribution is -0.115. The predicted octanol–water partition coefficient (Wildman–Crippen LogP) is 3.06. The molecule has 1 aromatic carbocycles. The summed E-state index contributed by atoms with van der Waals surface area (Å²) in [6, 6.07) is 7.74. The smallest absolute Gasteiger partial charge is 0.238 e. The van der Waals surface area contributed by atoms with Gasteiger partial charge in [0.05, 0.1) is 17.3 Å². The molecule has 2 atom stereocenters. The van der Waals surface area contributed by atoms with E-state index in [-0.39, 0.29) is 5.91 Å². The van der Waals surface area contributed by atoms with Gasteiger partial charge < -0.3 is 10.6 Å². The topological polar surface area (TPSA) is 41.1 Å². The molecule has 0 aliphatic heterocycles. The van der Waals surface area contributed by atoms with E-state index in [9.17, 15) is 4.79 Å². The van der Waals surface area contributed by atoms with Gasteiger partial charge in [-0.25, -0.2) is 0 Å². The first-order chi connectivity index (χ1) is 8.66. The summed E-state index contributed by atoms with van der Waals surface area (Å²) in [5.74, 6) is 0.625. The summed E-state index contributed by atoms with van der Waals surface area (Å²) in [5.41, 5.74) is 0.672. The highest BCUT2D eigenvalue weighted by Gasteiger charge is 2.23. The highest BCUT2D eigenvalue weighted by Crippen LogP contribution is 2.24. The Morgan fingerprint density at radius 2 is 2.17 bits per heavy atom. The number of hydrogen-bond acceptors (Lipinski definition) is 2. The number of rotatable bonds is 4. The zero-order chi connectivity index (χ0) is 13.0. The van der Waals surface area contributed by atoms with Crippen molar-refractivity contribution in [1.29, 1.82) is 0 Å². The molecule has 98 valence electrons. The fourth-order valence-electron chi connectivity index (χ4n) is 2.43. The van der Waals surface area contributed by atoms with Gasteiger partial charge in [0.25, 0.3) is 0 Å². The lowest BCUT2D eigenvalue weighted by Crippen LogP contribution is -2.37. The Hall–Kier alpha value is -1.06. The van der Waals surface area contributed by atoms with Crippen LogP contribution in [-0.2, 0) is 4.79 Å². The van der Waals surface area contributed by atoms with Crippen LogP contribution in [-0.4, -0.2) is 18.5 Å². The van der Waals surface area contributed by atoms with Crippen molar-refractivity contribution in [2.24, 2.45) is 5.92 Å². The largest absolute Gasteiger partial charge is 0.324 e. The second kappa shape index (κ2) is 6.21. The van der Waals surface area contributed by atoms with Gasteiger partial charge in [-0.05, 0) is 30.9 Å². The van der Waals surface area contributed by atoms with Crippen molar-refractivity contribution in [2.75, 3.05) is 11.9 Å². The van der Waals surface area contributed by atoms with Crippen LogP contribution in [0.3, 0.4) is 0 Å². The quantitative estimate of drug-likeness (QED) is 0.879. The van der Waals surface area contributed by atoms with Crippen LogP contribution < -0.4 is 10.6 Å². The van der Waals surface area contributed by atoms with E-state index in [1.165, 1.54) is 19.3 Å². The van der Waals surface area contributed by atoms with E-state index in [1.54, 1.807) is 12.1 Å². The molecule has 1 aromatic rings. The first kappa shape index (κ1) is 13.4. The van der Waals surface area contributed by atoms with Crippen molar-refractivity contribution in [3.05, 3.63) is 29.3 Å². The molecule has 0 saturated heterocycles. The number of carbonyl (C=O) groups is 1. The van der Waals surface area contributed by atoms with Gasteiger partial charge >= 0.3 is 0 Å². The van der Waals surface area contributed by atoms with E-state index < -0.39 is 0 Å². The fraction of sp³-hybridized carbons (Fsp3) is 0.500. The van der Waals surface area contributed by atoms with Crippen LogP contribution in [0.4, 0.5) is 5.69 Å². The summed E-state index contributed by atoms with van der Waals surface area (Å²) >= 11 is 5.98. The highest BCUT2D eigenvalue weighted by molar-refractivity contribution is 6.33. The maximum Gasteiger partial charge on any atom is 0.238 e. The number of carbonyl (C=O) groups excluding carboxylic acids is 1. The minimum absolute atomic E-state index is 0.0396. The summed E-state index contributed by atoms with van der Waals surface area (Å²) in [7, 11) is 0. The standard InChI is InChI=1S/C14H19ClN2O/c1-10-5-4-8-12(10)16-9-14(18)17-13-7-3-2-6-11(13)15/h2-3,6-7,10,12,16H,4-5,8-9H2,1H3,(H,17,18). The minimum atomic E-state index is -0.0396. The lowest BCUT2D eigenvalue weighted by Gasteiger charge is -2.17. The molecule has 0 radical (unpaired) electrons. The molecule has 0 bridgehead atoms. The number of benzene rings is 1. The van der Waals surface area contributed by atoms with Crippen LogP contribution in [0.5, 0.6) is 0 Å². The predicted molar refractivity (Wildman–Crippen MR) is 74.9 cm³/mol. The van der Waals surface area contributed by atoms with E-state index in [1.807, 2.05) is 12.1 Å². The van der Waals surface area contributed by atoms with Gasteiger partial charge in [0.1, 0.15) is 0 Å². The number of nitrogens with one attached hydrogen (secondary N) is 2. The minimum Gasteiger partial charge on any atom is -0.324 e. The Kier molecular flexibility index (Phi) is 4.61. The molecule has 1 saturated carbocycles. The fourth-order valence-corrected chi connectivity index (χ4v) is 2.61. The summed E-state index contributed by atoms with van der Waals surface area (Å²) in [4.78, 5) is 11.8. The summed E-state index contributed by atoms with van der Waals surface area (Å²) in [6.07, 6.45) is 3.68. The van der Waals surface area contributed by atoms with Gasteiger partial charge in [-0.3, -0.25) is 4.79 Å². The van der Waals surface area contributed by atoms with Gasteiger partial charge in [-0.15, -0.1) is 0 Å². The van der Waals surface area contributed by atoms with Crippen LogP contribution in [0.1, 0.15) is 26.2 Å². The molecule has 1 aliphatic carbocycles. The zero-order valence-electron chi connectivity index (χ0n) is 10.6. The molecule has 0 aromatic heterocycles. The molecule has 1 amide bonds. The highest BCUT2D eigenvalue weighted by atomic mass is 35.5. The number of halogens is 1. The third kappa shape index (κ3) is 3.47. The van der Waals surface area contributed by atoms with Gasteiger partial charge in [0, 0.05) is 6.04 Å². The number of para-hydroxylation sites is 1. The van der Waals surface area contributed by atoms with Crippen LogP contribution in [0, 0.1) is 5.92 Å². The monoisotopic (exact) mass is 266 g/mol.